The van der Waals surface area contributed by atoms with Gasteiger partial charge in [0.15, 0.2) is 5.41 Å². The number of esters is 2. The van der Waals surface area contributed by atoms with Gasteiger partial charge in [-0.2, -0.15) is 0 Å². The van der Waals surface area contributed by atoms with Gasteiger partial charge in [-0.15, -0.1) is 0 Å². The summed E-state index contributed by atoms with van der Waals surface area (Å²) in [6.45, 7) is -0.184. The first-order chi connectivity index (χ1) is 9.69. The van der Waals surface area contributed by atoms with E-state index >= 15 is 0 Å². The van der Waals surface area contributed by atoms with E-state index in [1.807, 2.05) is 0 Å². The fourth-order valence-corrected chi connectivity index (χ4v) is 7.02. The molecule has 1 aliphatic heterocycles. The molecule has 0 radical (unpaired) electrons. The molecule has 1 spiro atoms. The topological polar surface area (TPSA) is 52.6 Å². The zero-order valence-corrected chi connectivity index (χ0v) is 11.7. The summed E-state index contributed by atoms with van der Waals surface area (Å²) in [5.41, 5.74) is -0.744. The molecule has 108 valence electrons. The quantitative estimate of drug-likeness (QED) is 0.503. The van der Waals surface area contributed by atoms with Crippen LogP contribution in [-0.2, 0) is 19.1 Å². The standard InChI is InChI=1S/C16H20O4/c17-12-15(13(18)20-9-19-12)7-3-6-14-8-16(14,15)11-5-2-1-4-10(11)14/h10-11H,1-9H2. The number of cyclic esters (lactones) is 2. The van der Waals surface area contributed by atoms with Gasteiger partial charge < -0.3 is 9.47 Å². The third kappa shape index (κ3) is 0.880. The van der Waals surface area contributed by atoms with E-state index in [0.717, 1.165) is 18.8 Å². The maximum atomic E-state index is 12.6. The molecule has 4 heteroatoms. The Bertz CT molecular complexity index is 511. The lowest BCUT2D eigenvalue weighted by atomic mass is 9.41. The lowest BCUT2D eigenvalue weighted by molar-refractivity contribution is -0.234. The van der Waals surface area contributed by atoms with Gasteiger partial charge in [0.2, 0.25) is 6.79 Å². The predicted octanol–water partition coefficient (Wildman–Crippen LogP) is 2.41. The summed E-state index contributed by atoms with van der Waals surface area (Å²) in [6, 6.07) is 0. The van der Waals surface area contributed by atoms with Gasteiger partial charge in [0.05, 0.1) is 0 Å². The molecule has 0 amide bonds. The molecule has 4 nitrogen and oxygen atoms in total. The highest BCUT2D eigenvalue weighted by atomic mass is 16.7. The van der Waals surface area contributed by atoms with E-state index in [9.17, 15) is 9.59 Å². The molecule has 4 atom stereocenters. The molecule has 1 heterocycles. The molecule has 0 N–H and O–H groups in total. The van der Waals surface area contributed by atoms with Crippen molar-refractivity contribution in [3.8, 4) is 0 Å². The molecule has 5 aliphatic rings. The van der Waals surface area contributed by atoms with Crippen molar-refractivity contribution < 1.29 is 19.1 Å². The Balaban J connectivity index is 1.64. The molecule has 5 rings (SSSR count). The van der Waals surface area contributed by atoms with Gasteiger partial charge >= 0.3 is 11.9 Å². The summed E-state index contributed by atoms with van der Waals surface area (Å²) in [4.78, 5) is 25.1. The van der Waals surface area contributed by atoms with Crippen LogP contribution in [-0.4, -0.2) is 18.7 Å². The van der Waals surface area contributed by atoms with Gasteiger partial charge in [0, 0.05) is 5.41 Å². The van der Waals surface area contributed by atoms with E-state index in [1.54, 1.807) is 0 Å². The van der Waals surface area contributed by atoms with Crippen LogP contribution in [0, 0.1) is 28.1 Å². The Labute approximate surface area is 118 Å². The van der Waals surface area contributed by atoms with Gasteiger partial charge in [0.1, 0.15) is 0 Å². The number of hydrogen-bond donors (Lipinski definition) is 0. The van der Waals surface area contributed by atoms with Crippen LogP contribution in [0.4, 0.5) is 0 Å². The smallest absolute Gasteiger partial charge is 0.326 e. The first-order valence-electron chi connectivity index (χ1n) is 8.04. The number of carbonyl (C=O) groups is 2. The van der Waals surface area contributed by atoms with Crippen molar-refractivity contribution in [2.24, 2.45) is 28.1 Å². The second-order valence-electron chi connectivity index (χ2n) is 7.54. The summed E-state index contributed by atoms with van der Waals surface area (Å²) >= 11 is 0. The molecule has 5 fully saturated rings. The third-order valence-electron chi connectivity index (χ3n) is 7.48. The van der Waals surface area contributed by atoms with Crippen molar-refractivity contribution in [3.63, 3.8) is 0 Å². The Kier molecular flexibility index (Phi) is 1.87. The number of rotatable bonds is 0. The van der Waals surface area contributed by atoms with Crippen LogP contribution in [0.15, 0.2) is 0 Å². The average Bonchev–Trinajstić information content (AvgIpc) is 3.10. The van der Waals surface area contributed by atoms with Crippen molar-refractivity contribution in [1.82, 2.24) is 0 Å². The first kappa shape index (κ1) is 11.6. The lowest BCUT2D eigenvalue weighted by Crippen LogP contribution is -2.65. The van der Waals surface area contributed by atoms with Crippen LogP contribution < -0.4 is 0 Å². The van der Waals surface area contributed by atoms with Crippen LogP contribution in [0.25, 0.3) is 0 Å². The van der Waals surface area contributed by atoms with E-state index in [1.165, 1.54) is 32.1 Å². The SMILES string of the molecule is O=C1OCOC(=O)C12CCCC13CC21C1CCCCC13. The highest BCUT2D eigenvalue weighted by Gasteiger charge is 2.93. The van der Waals surface area contributed by atoms with Gasteiger partial charge in [-0.05, 0) is 49.4 Å². The Morgan fingerprint density at radius 2 is 1.60 bits per heavy atom. The number of ether oxygens (including phenoxy) is 2. The zero-order valence-electron chi connectivity index (χ0n) is 11.7. The Morgan fingerprint density at radius 3 is 2.35 bits per heavy atom. The summed E-state index contributed by atoms with van der Waals surface area (Å²) in [6.07, 6.45) is 8.95. The largest absolute Gasteiger partial charge is 0.427 e. The maximum absolute atomic E-state index is 12.6. The van der Waals surface area contributed by atoms with E-state index in [0.29, 0.717) is 12.3 Å². The summed E-state index contributed by atoms with van der Waals surface area (Å²) in [7, 11) is 0. The van der Waals surface area contributed by atoms with Crippen molar-refractivity contribution in [2.45, 2.75) is 51.4 Å². The zero-order chi connectivity index (χ0) is 13.6. The second kappa shape index (κ2) is 3.23. The van der Waals surface area contributed by atoms with Gasteiger partial charge in [-0.25, -0.2) is 0 Å². The fourth-order valence-electron chi connectivity index (χ4n) is 7.02. The van der Waals surface area contributed by atoms with Crippen molar-refractivity contribution >= 4 is 11.9 Å². The highest BCUT2D eigenvalue weighted by molar-refractivity contribution is 6.03. The molecule has 1 saturated heterocycles. The van der Waals surface area contributed by atoms with Crippen molar-refractivity contribution in [2.75, 3.05) is 6.79 Å². The molecule has 4 aliphatic carbocycles. The molecular formula is C16H20O4. The van der Waals surface area contributed by atoms with Crippen LogP contribution in [0.2, 0.25) is 0 Å². The molecule has 0 bridgehead atoms. The van der Waals surface area contributed by atoms with Crippen molar-refractivity contribution in [3.05, 3.63) is 0 Å². The average molecular weight is 276 g/mol. The minimum atomic E-state index is -0.942. The molecule has 0 aromatic rings. The molecular weight excluding hydrogens is 256 g/mol. The molecule has 4 saturated carbocycles. The fraction of sp³-hybridized carbons (Fsp3) is 0.875. The number of fused-ring (bicyclic) bond motifs is 1. The Morgan fingerprint density at radius 1 is 0.900 bits per heavy atom. The van der Waals surface area contributed by atoms with E-state index in [4.69, 9.17) is 9.47 Å². The van der Waals surface area contributed by atoms with E-state index in [-0.39, 0.29) is 29.6 Å². The predicted molar refractivity (Wildman–Crippen MR) is 68.3 cm³/mol. The van der Waals surface area contributed by atoms with E-state index < -0.39 is 5.41 Å². The highest BCUT2D eigenvalue weighted by Crippen LogP contribution is 2.94. The molecule has 0 aromatic carbocycles. The van der Waals surface area contributed by atoms with Crippen LogP contribution >= 0.6 is 0 Å². The monoisotopic (exact) mass is 276 g/mol. The summed E-state index contributed by atoms with van der Waals surface area (Å²) in [5, 5.41) is 0. The van der Waals surface area contributed by atoms with Gasteiger partial charge in [-0.1, -0.05) is 19.3 Å². The van der Waals surface area contributed by atoms with Crippen LogP contribution in [0.1, 0.15) is 51.4 Å². The van der Waals surface area contributed by atoms with Crippen LogP contribution in [0.3, 0.4) is 0 Å². The molecule has 20 heavy (non-hydrogen) atoms. The van der Waals surface area contributed by atoms with E-state index in [2.05, 4.69) is 0 Å². The molecule has 4 unspecified atom stereocenters. The van der Waals surface area contributed by atoms with Crippen molar-refractivity contribution in [1.29, 1.82) is 0 Å². The van der Waals surface area contributed by atoms with Crippen LogP contribution in [0.5, 0.6) is 0 Å². The third-order valence-corrected chi connectivity index (χ3v) is 7.48. The lowest BCUT2D eigenvalue weighted by Gasteiger charge is -2.62. The minimum absolute atomic E-state index is 0.0854. The minimum Gasteiger partial charge on any atom is -0.427 e. The molecule has 0 aromatic heterocycles. The first-order valence-corrected chi connectivity index (χ1v) is 8.04. The maximum Gasteiger partial charge on any atom is 0.326 e. The van der Waals surface area contributed by atoms with Gasteiger partial charge in [0.25, 0.3) is 0 Å². The Hall–Kier alpha value is -1.06. The van der Waals surface area contributed by atoms with Gasteiger partial charge in [-0.3, -0.25) is 9.59 Å². The second-order valence-corrected chi connectivity index (χ2v) is 7.54. The summed E-state index contributed by atoms with van der Waals surface area (Å²) < 4.78 is 10.4. The normalized spacial score (nSPS) is 51.0. The number of carbonyl (C=O) groups excluding carboxylic acids is 2. The number of hydrogen-bond acceptors (Lipinski definition) is 4. The summed E-state index contributed by atoms with van der Waals surface area (Å²) in [5.74, 6) is 0.768.